The average molecular weight is 230 g/mol. The molecule has 0 bridgehead atoms. The van der Waals surface area contributed by atoms with Crippen LogP contribution >= 0.6 is 0 Å². The first-order valence-corrected chi connectivity index (χ1v) is 5.01. The zero-order valence-electron chi connectivity index (χ0n) is 9.16. The number of hydrogen-bond donors (Lipinski definition) is 0. The molecule has 0 N–H and O–H groups in total. The van der Waals surface area contributed by atoms with E-state index in [1.807, 2.05) is 12.1 Å². The Balaban J connectivity index is 2.39. The van der Waals surface area contributed by atoms with Gasteiger partial charge in [0.05, 0.1) is 0 Å². The van der Waals surface area contributed by atoms with Crippen LogP contribution in [0.15, 0.2) is 41.6 Å². The molecule has 0 radical (unpaired) electrons. The molecule has 0 atom stereocenters. The number of fused-ring (bicyclic) bond motifs is 1. The van der Waals surface area contributed by atoms with Gasteiger partial charge >= 0.3 is 5.97 Å². The summed E-state index contributed by atoms with van der Waals surface area (Å²) in [5, 5.41) is 16.1. The van der Waals surface area contributed by atoms with Crippen LogP contribution in [0.1, 0.15) is 12.6 Å². The molecule has 0 aliphatic heterocycles. The molecule has 0 spiro atoms. The van der Waals surface area contributed by atoms with Crippen molar-refractivity contribution in [3.8, 4) is 0 Å². The molecule has 0 fully saturated rings. The van der Waals surface area contributed by atoms with Crippen LogP contribution in [0.25, 0.3) is 10.9 Å². The molecule has 86 valence electrons. The Kier molecular flexibility index (Phi) is 3.00. The normalized spacial score (nSPS) is 10.9. The summed E-state index contributed by atoms with van der Waals surface area (Å²) >= 11 is 0. The van der Waals surface area contributed by atoms with E-state index in [1.54, 1.807) is 24.3 Å². The lowest BCUT2D eigenvalue weighted by Crippen LogP contribution is -2.32. The summed E-state index contributed by atoms with van der Waals surface area (Å²) in [6, 6.07) is 10.6. The van der Waals surface area contributed by atoms with Gasteiger partial charge in [-0.3, -0.25) is 0 Å². The molecule has 1 aromatic carbocycles. The molecule has 2 aromatic rings. The summed E-state index contributed by atoms with van der Waals surface area (Å²) in [4.78, 5) is 14.9. The van der Waals surface area contributed by atoms with Crippen molar-refractivity contribution >= 4 is 23.1 Å². The van der Waals surface area contributed by atoms with Gasteiger partial charge in [-0.25, -0.2) is 4.79 Å². The Morgan fingerprint density at radius 3 is 2.88 bits per heavy atom. The smallest absolute Gasteiger partial charge is 0.331 e. The Hall–Kier alpha value is -2.43. The minimum absolute atomic E-state index is 0.310. The van der Waals surface area contributed by atoms with E-state index < -0.39 is 5.97 Å². The van der Waals surface area contributed by atoms with Gasteiger partial charge in [-0.2, -0.15) is 4.73 Å². The molecule has 2 rings (SSSR count). The minimum atomic E-state index is -0.528. The quantitative estimate of drug-likeness (QED) is 0.257. The van der Waals surface area contributed by atoms with Crippen LogP contribution < -0.4 is 4.73 Å². The molecule has 1 heterocycles. The molecule has 0 amide bonds. The summed E-state index contributed by atoms with van der Waals surface area (Å²) in [6.45, 7) is 1.24. The number of nitrogens with zero attached hydrogens (tertiary/aromatic N) is 2. The number of oxime groups is 1. The summed E-state index contributed by atoms with van der Waals surface area (Å²) in [5.41, 5.74) is 0.851. The molecule has 17 heavy (non-hydrogen) atoms. The SMILES string of the molecule is CC(=O)O/N=C/c1ccc2ccccc2[n+]1[O-]. The van der Waals surface area contributed by atoms with Crippen molar-refractivity contribution in [2.45, 2.75) is 6.92 Å². The molecular weight excluding hydrogens is 220 g/mol. The van der Waals surface area contributed by atoms with Gasteiger partial charge in [0.1, 0.15) is 6.21 Å². The van der Waals surface area contributed by atoms with Gasteiger partial charge < -0.3 is 10.0 Å². The fourth-order valence-electron chi connectivity index (χ4n) is 1.45. The van der Waals surface area contributed by atoms with Gasteiger partial charge in [0.25, 0.3) is 0 Å². The highest BCUT2D eigenvalue weighted by Gasteiger charge is 2.07. The monoisotopic (exact) mass is 230 g/mol. The van der Waals surface area contributed by atoms with Crippen molar-refractivity contribution in [1.82, 2.24) is 0 Å². The van der Waals surface area contributed by atoms with Crippen LogP contribution in [0.3, 0.4) is 0 Å². The topological polar surface area (TPSA) is 65.6 Å². The van der Waals surface area contributed by atoms with E-state index >= 15 is 0 Å². The van der Waals surface area contributed by atoms with Gasteiger partial charge in [0.2, 0.25) is 11.2 Å². The number of carbonyl (C=O) groups excluding carboxylic acids is 1. The lowest BCUT2D eigenvalue weighted by Gasteiger charge is -2.03. The third-order valence-electron chi connectivity index (χ3n) is 2.19. The first-order valence-electron chi connectivity index (χ1n) is 5.01. The lowest BCUT2D eigenvalue weighted by atomic mass is 10.2. The number of aromatic nitrogens is 1. The van der Waals surface area contributed by atoms with Crippen molar-refractivity contribution in [3.63, 3.8) is 0 Å². The predicted molar refractivity (Wildman–Crippen MR) is 62.3 cm³/mol. The third-order valence-corrected chi connectivity index (χ3v) is 2.19. The highest BCUT2D eigenvalue weighted by Crippen LogP contribution is 2.09. The van der Waals surface area contributed by atoms with Crippen molar-refractivity contribution in [2.75, 3.05) is 0 Å². The van der Waals surface area contributed by atoms with E-state index in [0.29, 0.717) is 11.2 Å². The van der Waals surface area contributed by atoms with E-state index in [2.05, 4.69) is 9.99 Å². The summed E-state index contributed by atoms with van der Waals surface area (Å²) in [6.07, 6.45) is 1.21. The first kappa shape index (κ1) is 11.1. The van der Waals surface area contributed by atoms with E-state index in [-0.39, 0.29) is 0 Å². The number of benzene rings is 1. The highest BCUT2D eigenvalue weighted by molar-refractivity contribution is 5.81. The number of hydrogen-bond acceptors (Lipinski definition) is 4. The minimum Gasteiger partial charge on any atom is -0.618 e. The van der Waals surface area contributed by atoms with Crippen molar-refractivity contribution in [2.24, 2.45) is 5.16 Å². The molecule has 0 aliphatic carbocycles. The zero-order chi connectivity index (χ0) is 12.3. The van der Waals surface area contributed by atoms with Gasteiger partial charge in [-0.05, 0) is 12.1 Å². The molecule has 1 aromatic heterocycles. The Labute approximate surface area is 97.5 Å². The van der Waals surface area contributed by atoms with E-state index in [0.717, 1.165) is 10.1 Å². The average Bonchev–Trinajstić information content (AvgIpc) is 2.32. The summed E-state index contributed by atoms with van der Waals surface area (Å²) in [5.74, 6) is -0.528. The Bertz CT molecular complexity index is 593. The summed E-state index contributed by atoms with van der Waals surface area (Å²) in [7, 11) is 0. The second kappa shape index (κ2) is 4.61. The molecule has 0 unspecified atom stereocenters. The van der Waals surface area contributed by atoms with Crippen molar-refractivity contribution in [3.05, 3.63) is 47.3 Å². The van der Waals surface area contributed by atoms with E-state index in [9.17, 15) is 10.0 Å². The van der Waals surface area contributed by atoms with Crippen LogP contribution in [0, 0.1) is 5.21 Å². The maximum absolute atomic E-state index is 11.9. The largest absolute Gasteiger partial charge is 0.618 e. The maximum Gasteiger partial charge on any atom is 0.331 e. The second-order valence-corrected chi connectivity index (χ2v) is 3.43. The zero-order valence-corrected chi connectivity index (χ0v) is 9.16. The van der Waals surface area contributed by atoms with Crippen LogP contribution in [0.4, 0.5) is 0 Å². The van der Waals surface area contributed by atoms with Gasteiger partial charge in [0, 0.05) is 24.4 Å². The molecule has 5 nitrogen and oxygen atoms in total. The van der Waals surface area contributed by atoms with Gasteiger partial charge in [-0.1, -0.05) is 17.3 Å². The number of para-hydroxylation sites is 1. The second-order valence-electron chi connectivity index (χ2n) is 3.43. The van der Waals surface area contributed by atoms with E-state index in [4.69, 9.17) is 0 Å². The standard InChI is InChI=1S/C12H10N2O3/c1-9(15)17-13-8-11-7-6-10-4-2-3-5-12(10)14(11)16/h2-8H,1H3/b13-8+. The van der Waals surface area contributed by atoms with Crippen LogP contribution in [0.2, 0.25) is 0 Å². The lowest BCUT2D eigenvalue weighted by molar-refractivity contribution is -0.578. The molecule has 0 aliphatic rings. The van der Waals surface area contributed by atoms with Crippen LogP contribution in [0.5, 0.6) is 0 Å². The van der Waals surface area contributed by atoms with Gasteiger partial charge in [-0.15, -0.1) is 0 Å². The molecule has 0 saturated heterocycles. The third kappa shape index (κ3) is 2.39. The summed E-state index contributed by atoms with van der Waals surface area (Å²) < 4.78 is 0.738. The number of pyridine rings is 1. The molecule has 5 heteroatoms. The van der Waals surface area contributed by atoms with Crippen LogP contribution in [-0.4, -0.2) is 12.2 Å². The highest BCUT2D eigenvalue weighted by atomic mass is 16.7. The number of carbonyl (C=O) groups is 1. The van der Waals surface area contributed by atoms with Gasteiger partial charge in [0.15, 0.2) is 0 Å². The Morgan fingerprint density at radius 1 is 1.35 bits per heavy atom. The predicted octanol–water partition coefficient (Wildman–Crippen LogP) is 1.37. The molecular formula is C12H10N2O3. The van der Waals surface area contributed by atoms with Crippen molar-refractivity contribution in [1.29, 1.82) is 0 Å². The molecule has 0 saturated carbocycles. The van der Waals surface area contributed by atoms with Crippen molar-refractivity contribution < 1.29 is 14.4 Å². The number of rotatable bonds is 2. The first-order chi connectivity index (χ1) is 8.18. The fourth-order valence-corrected chi connectivity index (χ4v) is 1.45. The van der Waals surface area contributed by atoms with Crippen LogP contribution in [-0.2, 0) is 9.63 Å². The Morgan fingerprint density at radius 2 is 2.12 bits per heavy atom. The van der Waals surface area contributed by atoms with E-state index in [1.165, 1.54) is 13.1 Å². The fraction of sp³-hybridized carbons (Fsp3) is 0.0833. The maximum atomic E-state index is 11.9.